The van der Waals surface area contributed by atoms with E-state index in [0.717, 1.165) is 5.56 Å². The number of carbonyl (C=O) groups excluding carboxylic acids is 1. The zero-order chi connectivity index (χ0) is 14.5. The van der Waals surface area contributed by atoms with Gasteiger partial charge in [-0.15, -0.1) is 0 Å². The maximum Gasteiger partial charge on any atom is 0.290 e. The van der Waals surface area contributed by atoms with Crippen LogP contribution in [-0.4, -0.2) is 22.3 Å². The maximum absolute atomic E-state index is 11.7. The van der Waals surface area contributed by atoms with Crippen molar-refractivity contribution in [1.29, 1.82) is 0 Å². The van der Waals surface area contributed by atoms with Gasteiger partial charge in [-0.2, -0.15) is 10.2 Å². The molecule has 0 saturated carbocycles. The molecule has 0 bridgehead atoms. The lowest BCUT2D eigenvalue weighted by molar-refractivity contribution is 0.0949. The molecule has 0 aliphatic rings. The van der Waals surface area contributed by atoms with Gasteiger partial charge in [-0.05, 0) is 33.0 Å². The molecule has 0 radical (unpaired) electrons. The van der Waals surface area contributed by atoms with Crippen molar-refractivity contribution in [3.63, 3.8) is 0 Å². The van der Waals surface area contributed by atoms with Crippen LogP contribution in [0.1, 0.15) is 41.4 Å². The Labute approximate surface area is 125 Å². The van der Waals surface area contributed by atoms with E-state index in [1.165, 1.54) is 11.8 Å². The summed E-state index contributed by atoms with van der Waals surface area (Å²) in [6.07, 6.45) is 3.12. The fourth-order valence-electron chi connectivity index (χ4n) is 1.62. The van der Waals surface area contributed by atoms with Crippen LogP contribution in [0.3, 0.4) is 0 Å². The van der Waals surface area contributed by atoms with Gasteiger partial charge in [0.15, 0.2) is 0 Å². The molecule has 1 amide bonds. The smallest absolute Gasteiger partial charge is 0.272 e. The summed E-state index contributed by atoms with van der Waals surface area (Å²) in [7, 11) is 0. The number of carbonyl (C=O) groups is 1. The minimum atomic E-state index is -0.343. The fraction of sp³-hybridized carbons (Fsp3) is 0.214. The molecule has 0 saturated heterocycles. The van der Waals surface area contributed by atoms with E-state index in [0.29, 0.717) is 16.1 Å². The van der Waals surface area contributed by atoms with Crippen LogP contribution in [0.5, 0.6) is 0 Å². The molecule has 20 heavy (non-hydrogen) atoms. The van der Waals surface area contributed by atoms with E-state index in [9.17, 15) is 4.79 Å². The predicted octanol–water partition coefficient (Wildman–Crippen LogP) is 3.06. The Hall–Kier alpha value is -1.95. The number of H-pyrrole nitrogens is 1. The molecule has 0 aliphatic carbocycles. The summed E-state index contributed by atoms with van der Waals surface area (Å²) < 4.78 is 0.603. The van der Waals surface area contributed by atoms with Crippen molar-refractivity contribution in [2.75, 3.05) is 0 Å². The van der Waals surface area contributed by atoms with Gasteiger partial charge in [-0.1, -0.05) is 38.1 Å². The summed E-state index contributed by atoms with van der Waals surface area (Å²) in [6, 6.07) is 8.05. The molecule has 0 unspecified atom stereocenters. The molecule has 104 valence electrons. The van der Waals surface area contributed by atoms with E-state index >= 15 is 0 Å². The molecule has 2 N–H and O–H groups in total. The molecule has 6 heteroatoms. The van der Waals surface area contributed by atoms with Gasteiger partial charge in [0, 0.05) is 0 Å². The topological polar surface area (TPSA) is 70.1 Å². The second-order valence-electron chi connectivity index (χ2n) is 4.61. The first kappa shape index (κ1) is 14.5. The molecule has 0 spiro atoms. The normalized spacial score (nSPS) is 11.2. The monoisotopic (exact) mass is 334 g/mol. The lowest BCUT2D eigenvalue weighted by Gasteiger charge is -2.04. The summed E-state index contributed by atoms with van der Waals surface area (Å²) >= 11 is 3.22. The van der Waals surface area contributed by atoms with E-state index in [1.54, 1.807) is 6.21 Å². The highest BCUT2D eigenvalue weighted by Gasteiger charge is 2.10. The van der Waals surface area contributed by atoms with E-state index in [2.05, 4.69) is 62.6 Å². The Morgan fingerprint density at radius 1 is 1.40 bits per heavy atom. The lowest BCUT2D eigenvalue weighted by Crippen LogP contribution is -2.18. The van der Waals surface area contributed by atoms with Gasteiger partial charge in [-0.3, -0.25) is 9.89 Å². The molecular formula is C14H15BrN4O. The fourth-order valence-corrected chi connectivity index (χ4v) is 1.99. The molecule has 2 aromatic rings. The summed E-state index contributed by atoms with van der Waals surface area (Å²) in [5.41, 5.74) is 4.99. The molecule has 5 nitrogen and oxygen atoms in total. The Morgan fingerprint density at radius 3 is 2.65 bits per heavy atom. The van der Waals surface area contributed by atoms with Crippen molar-refractivity contribution in [3.05, 3.63) is 51.8 Å². The second kappa shape index (κ2) is 6.47. The van der Waals surface area contributed by atoms with Gasteiger partial charge in [0.1, 0.15) is 5.69 Å². The summed E-state index contributed by atoms with van der Waals surface area (Å²) in [5.74, 6) is 0.155. The average molecular weight is 335 g/mol. The van der Waals surface area contributed by atoms with Crippen LogP contribution in [0, 0.1) is 0 Å². The van der Waals surface area contributed by atoms with Crippen LogP contribution in [0.25, 0.3) is 0 Å². The molecule has 0 aliphatic heterocycles. The number of aromatic amines is 1. The first-order valence-electron chi connectivity index (χ1n) is 6.20. The third-order valence-electron chi connectivity index (χ3n) is 2.80. The Kier molecular flexibility index (Phi) is 4.68. The van der Waals surface area contributed by atoms with Crippen LogP contribution < -0.4 is 5.43 Å². The number of nitrogens with zero attached hydrogens (tertiary/aromatic N) is 2. The lowest BCUT2D eigenvalue weighted by atomic mass is 10.0. The zero-order valence-corrected chi connectivity index (χ0v) is 12.8. The zero-order valence-electron chi connectivity index (χ0n) is 11.2. The van der Waals surface area contributed by atoms with Crippen molar-refractivity contribution in [2.45, 2.75) is 19.8 Å². The predicted molar refractivity (Wildman–Crippen MR) is 81.9 cm³/mol. The molecule has 2 rings (SSSR count). The van der Waals surface area contributed by atoms with Crippen molar-refractivity contribution < 1.29 is 4.79 Å². The van der Waals surface area contributed by atoms with Gasteiger partial charge >= 0.3 is 0 Å². The maximum atomic E-state index is 11.7. The van der Waals surface area contributed by atoms with Crippen LogP contribution in [0.2, 0.25) is 0 Å². The van der Waals surface area contributed by atoms with E-state index < -0.39 is 0 Å². The Morgan fingerprint density at radius 2 is 2.10 bits per heavy atom. The van der Waals surface area contributed by atoms with E-state index in [4.69, 9.17) is 0 Å². The number of nitrogens with one attached hydrogen (secondary N) is 2. The third kappa shape index (κ3) is 3.54. The number of halogens is 1. The summed E-state index contributed by atoms with van der Waals surface area (Å²) in [5, 5.41) is 10.3. The molecule has 1 aromatic heterocycles. The van der Waals surface area contributed by atoms with Gasteiger partial charge < -0.3 is 0 Å². The number of benzene rings is 1. The molecule has 0 fully saturated rings. The van der Waals surface area contributed by atoms with Crippen LogP contribution in [-0.2, 0) is 0 Å². The van der Waals surface area contributed by atoms with Gasteiger partial charge in [0.25, 0.3) is 5.91 Å². The molecule has 0 atom stereocenters. The summed E-state index contributed by atoms with van der Waals surface area (Å²) in [4.78, 5) is 11.7. The molecular weight excluding hydrogens is 320 g/mol. The highest BCUT2D eigenvalue weighted by Crippen LogP contribution is 2.14. The highest BCUT2D eigenvalue weighted by atomic mass is 79.9. The first-order valence-corrected chi connectivity index (χ1v) is 6.99. The van der Waals surface area contributed by atoms with Crippen molar-refractivity contribution in [1.82, 2.24) is 15.6 Å². The van der Waals surface area contributed by atoms with Crippen LogP contribution in [0.4, 0.5) is 0 Å². The molecule has 1 aromatic carbocycles. The van der Waals surface area contributed by atoms with Crippen LogP contribution in [0.15, 0.2) is 40.0 Å². The largest absolute Gasteiger partial charge is 0.290 e. The van der Waals surface area contributed by atoms with E-state index in [1.807, 2.05) is 12.1 Å². The van der Waals surface area contributed by atoms with E-state index in [-0.39, 0.29) is 5.91 Å². The van der Waals surface area contributed by atoms with Crippen molar-refractivity contribution in [3.8, 4) is 0 Å². The van der Waals surface area contributed by atoms with Crippen LogP contribution >= 0.6 is 15.9 Å². The first-order chi connectivity index (χ1) is 9.58. The van der Waals surface area contributed by atoms with Gasteiger partial charge in [-0.25, -0.2) is 5.43 Å². The average Bonchev–Trinajstić information content (AvgIpc) is 2.85. The minimum Gasteiger partial charge on any atom is -0.272 e. The third-order valence-corrected chi connectivity index (χ3v) is 3.40. The van der Waals surface area contributed by atoms with Crippen molar-refractivity contribution >= 4 is 28.1 Å². The number of rotatable bonds is 4. The Balaban J connectivity index is 1.96. The standard InChI is InChI=1S/C14H15BrN4O/c1-9(2)11-5-3-10(4-6-11)7-16-19-14(20)13-12(15)8-17-18-13/h3-9H,1-2H3,(H,17,18)(H,19,20)/b16-7-. The van der Waals surface area contributed by atoms with Gasteiger partial charge in [0.2, 0.25) is 0 Å². The quantitative estimate of drug-likeness (QED) is 0.666. The number of hydrogen-bond donors (Lipinski definition) is 2. The second-order valence-corrected chi connectivity index (χ2v) is 5.47. The molecule has 1 heterocycles. The number of hydrazone groups is 1. The van der Waals surface area contributed by atoms with Gasteiger partial charge in [0.05, 0.1) is 16.9 Å². The number of aromatic nitrogens is 2. The number of hydrogen-bond acceptors (Lipinski definition) is 3. The SMILES string of the molecule is CC(C)c1ccc(/C=N\NC(=O)c2[nH]ncc2Br)cc1. The Bertz CT molecular complexity index is 616. The highest BCUT2D eigenvalue weighted by molar-refractivity contribution is 9.10. The summed E-state index contributed by atoms with van der Waals surface area (Å²) in [6.45, 7) is 4.29. The minimum absolute atomic E-state index is 0.343. The number of amides is 1. The van der Waals surface area contributed by atoms with Crippen molar-refractivity contribution in [2.24, 2.45) is 5.10 Å².